The number of aromatic nitrogens is 1. The van der Waals surface area contributed by atoms with E-state index >= 15 is 0 Å². The Balaban J connectivity index is 1.13. The average Bonchev–Trinajstić information content (AvgIpc) is 3.90. The first-order chi connectivity index (χ1) is 32.3. The second-order valence-electron chi connectivity index (χ2n) is 17.6. The highest BCUT2D eigenvalue weighted by Crippen LogP contribution is 2.50. The Hall–Kier alpha value is -8.12. The lowest BCUT2D eigenvalue weighted by Gasteiger charge is -2.44. The summed E-state index contributed by atoms with van der Waals surface area (Å²) in [6.45, 7) is 0.00421. The van der Waals surface area contributed by atoms with Crippen molar-refractivity contribution >= 4 is 124 Å². The highest BCUT2D eigenvalue weighted by atomic mass is 28.3. The Labute approximate surface area is 379 Å². The van der Waals surface area contributed by atoms with Crippen molar-refractivity contribution in [3.63, 3.8) is 0 Å². The summed E-state index contributed by atoms with van der Waals surface area (Å²) >= 11 is 0. The summed E-state index contributed by atoms with van der Waals surface area (Å²) in [6.07, 6.45) is 0. The van der Waals surface area contributed by atoms with Gasteiger partial charge in [0, 0.05) is 50.0 Å². The van der Waals surface area contributed by atoms with Crippen molar-refractivity contribution in [2.75, 3.05) is 9.80 Å². The molecule has 302 valence electrons. The van der Waals surface area contributed by atoms with Gasteiger partial charge in [0.05, 0.1) is 22.2 Å². The second-order valence-corrected chi connectivity index (χ2v) is 21.4. The van der Waals surface area contributed by atoms with Crippen LogP contribution in [0, 0.1) is 0 Å². The van der Waals surface area contributed by atoms with E-state index in [-0.39, 0.29) is 6.71 Å². The number of rotatable bonds is 6. The van der Waals surface area contributed by atoms with Gasteiger partial charge in [0.2, 0.25) is 0 Å². The minimum atomic E-state index is -2.85. The third-order valence-electron chi connectivity index (χ3n) is 14.4. The summed E-state index contributed by atoms with van der Waals surface area (Å²) in [4.78, 5) is 5.16. The Bertz CT molecular complexity index is 3700. The van der Waals surface area contributed by atoms with Crippen LogP contribution in [0.25, 0.3) is 38.1 Å². The van der Waals surface area contributed by atoms with Crippen LogP contribution in [0.1, 0.15) is 0 Å². The highest BCUT2D eigenvalue weighted by molar-refractivity contribution is 7.20. The van der Waals surface area contributed by atoms with Crippen LogP contribution < -0.4 is 46.9 Å². The van der Waals surface area contributed by atoms with Crippen LogP contribution >= 0.6 is 0 Å². The lowest BCUT2D eigenvalue weighted by molar-refractivity contribution is 1.25. The molecule has 10 aromatic carbocycles. The normalized spacial score (nSPS) is 13.1. The van der Waals surface area contributed by atoms with E-state index < -0.39 is 8.07 Å². The molecule has 0 spiro atoms. The molecule has 2 aromatic heterocycles. The lowest BCUT2D eigenvalue weighted by atomic mass is 9.33. The van der Waals surface area contributed by atoms with Gasteiger partial charge < -0.3 is 14.2 Å². The molecule has 0 radical (unpaired) electrons. The van der Waals surface area contributed by atoms with Gasteiger partial charge in [0.1, 0.15) is 0 Å². The van der Waals surface area contributed by atoms with Gasteiger partial charge in [-0.15, -0.1) is 0 Å². The van der Waals surface area contributed by atoms with Crippen LogP contribution in [-0.2, 0) is 0 Å². The molecule has 4 heterocycles. The zero-order valence-corrected chi connectivity index (χ0v) is 36.5. The summed E-state index contributed by atoms with van der Waals surface area (Å²) in [5.74, 6) is 0. The molecule has 0 atom stereocenters. The maximum absolute atomic E-state index is 2.85. The third-order valence-corrected chi connectivity index (χ3v) is 19.2. The molecule has 0 unspecified atom stereocenters. The van der Waals surface area contributed by atoms with Crippen molar-refractivity contribution in [2.24, 2.45) is 0 Å². The third kappa shape index (κ3) is 4.96. The fraction of sp³-hybridized carbons (Fsp3) is 0. The van der Waals surface area contributed by atoms with Crippen LogP contribution in [0.4, 0.5) is 34.1 Å². The predicted molar refractivity (Wildman–Crippen MR) is 279 cm³/mol. The van der Waals surface area contributed by atoms with Crippen molar-refractivity contribution in [2.45, 2.75) is 0 Å². The molecule has 65 heavy (non-hydrogen) atoms. The molecule has 2 aliphatic heterocycles. The van der Waals surface area contributed by atoms with E-state index in [4.69, 9.17) is 0 Å². The number of para-hydroxylation sites is 5. The number of anilines is 6. The zero-order chi connectivity index (χ0) is 42.6. The minimum Gasteiger partial charge on any atom is -0.311 e. The van der Waals surface area contributed by atoms with Crippen LogP contribution in [0.3, 0.4) is 0 Å². The van der Waals surface area contributed by atoms with E-state index in [1.54, 1.807) is 0 Å². The van der Waals surface area contributed by atoms with E-state index in [2.05, 4.69) is 257 Å². The monoisotopic (exact) mass is 841 g/mol. The van der Waals surface area contributed by atoms with Crippen LogP contribution in [0.15, 0.2) is 243 Å². The van der Waals surface area contributed by atoms with Crippen molar-refractivity contribution < 1.29 is 0 Å². The first-order valence-electron chi connectivity index (χ1n) is 22.6. The summed E-state index contributed by atoms with van der Waals surface area (Å²) in [5, 5.41) is 10.5. The first kappa shape index (κ1) is 36.4. The number of hydrogen-bond acceptors (Lipinski definition) is 2. The molecule has 0 N–H and O–H groups in total. The van der Waals surface area contributed by atoms with Crippen molar-refractivity contribution in [3.05, 3.63) is 243 Å². The minimum absolute atomic E-state index is 0.00421. The van der Waals surface area contributed by atoms with Crippen LogP contribution in [0.5, 0.6) is 0 Å². The largest absolute Gasteiger partial charge is 0.311 e. The van der Waals surface area contributed by atoms with E-state index in [0.29, 0.717) is 0 Å². The highest BCUT2D eigenvalue weighted by Gasteiger charge is 2.46. The van der Waals surface area contributed by atoms with E-state index in [9.17, 15) is 0 Å². The summed E-state index contributed by atoms with van der Waals surface area (Å²) in [6, 6.07) is 91.0. The molecule has 0 amide bonds. The molecule has 2 aliphatic rings. The molecular formula is C60H40BN3Si. The second kappa shape index (κ2) is 13.9. The maximum Gasteiger partial charge on any atom is 0.252 e. The van der Waals surface area contributed by atoms with Gasteiger partial charge in [-0.1, -0.05) is 194 Å². The van der Waals surface area contributed by atoms with E-state index in [1.165, 1.54) is 98.0 Å². The molecule has 5 heteroatoms. The molecule has 0 aliphatic carbocycles. The zero-order valence-electron chi connectivity index (χ0n) is 35.5. The van der Waals surface area contributed by atoms with Gasteiger partial charge in [-0.2, -0.15) is 0 Å². The molecule has 0 fully saturated rings. The number of hydrogen-bond donors (Lipinski definition) is 0. The fourth-order valence-electron chi connectivity index (χ4n) is 11.9. The van der Waals surface area contributed by atoms with Crippen molar-refractivity contribution in [1.29, 1.82) is 0 Å². The quantitative estimate of drug-likeness (QED) is 0.122. The topological polar surface area (TPSA) is 10.9 Å². The molecular weight excluding hydrogens is 802 g/mol. The Morgan fingerprint density at radius 2 is 0.800 bits per heavy atom. The summed E-state index contributed by atoms with van der Waals surface area (Å²) in [5.41, 5.74) is 14.9. The molecule has 0 saturated carbocycles. The molecule has 3 nitrogen and oxygen atoms in total. The Morgan fingerprint density at radius 1 is 0.323 bits per heavy atom. The molecule has 0 bridgehead atoms. The van der Waals surface area contributed by atoms with Gasteiger partial charge in [-0.05, 0) is 85.7 Å². The van der Waals surface area contributed by atoms with Gasteiger partial charge in [-0.25, -0.2) is 0 Å². The molecule has 0 saturated heterocycles. The van der Waals surface area contributed by atoms with E-state index in [0.717, 1.165) is 11.4 Å². The number of benzene rings is 10. The lowest BCUT2D eigenvalue weighted by Crippen LogP contribution is -2.74. The first-order valence-corrected chi connectivity index (χ1v) is 24.6. The van der Waals surface area contributed by atoms with Gasteiger partial charge in [-0.3, -0.25) is 0 Å². The predicted octanol–water partition coefficient (Wildman–Crippen LogP) is 10.3. The Kier molecular flexibility index (Phi) is 7.80. The maximum atomic E-state index is 2.59. The fourth-order valence-corrected chi connectivity index (χ4v) is 16.7. The number of nitrogens with zero attached hydrogens (tertiary/aromatic N) is 3. The van der Waals surface area contributed by atoms with Crippen molar-refractivity contribution in [3.8, 4) is 0 Å². The average molecular weight is 842 g/mol. The standard InChI is InChI=1S/C60H40BN3Si/c1-5-21-41(22-6-1)63-55-38-18-15-35-52(55)61-51-34-14-17-37-54(51)62(56-40-50-49-33-20-32-48-47-31-13-16-36-53(47)64(58(48)49)59(50)60(63)57(56)61)42-23-19-30-46(39-42)65(43-24-7-2-8-25-43,44-26-9-3-10-27-44)45-28-11-4-12-29-45/h1-40H. The van der Waals surface area contributed by atoms with Crippen molar-refractivity contribution in [1.82, 2.24) is 4.40 Å². The van der Waals surface area contributed by atoms with Crippen LogP contribution in [0.2, 0.25) is 0 Å². The van der Waals surface area contributed by atoms with E-state index in [1.807, 2.05) is 0 Å². The van der Waals surface area contributed by atoms with Gasteiger partial charge >= 0.3 is 0 Å². The Morgan fingerprint density at radius 3 is 1.45 bits per heavy atom. The summed E-state index contributed by atoms with van der Waals surface area (Å²) < 4.78 is 2.58. The van der Waals surface area contributed by atoms with Gasteiger partial charge in [0.25, 0.3) is 6.71 Å². The smallest absolute Gasteiger partial charge is 0.252 e. The van der Waals surface area contributed by atoms with Crippen LogP contribution in [-0.4, -0.2) is 19.2 Å². The summed E-state index contributed by atoms with van der Waals surface area (Å²) in [7, 11) is -2.85. The molecule has 14 rings (SSSR count). The SMILES string of the molecule is c1ccc(N2c3ccccc3B3c4ccccc4N(c4cccc([Si](c5ccccc5)(c5ccccc5)c5ccccc5)c4)c4cc5c6cccc7c8ccccc8n(c5c2c43)c76)cc1. The number of fused-ring (bicyclic) bond motifs is 11. The molecule has 12 aromatic rings. The van der Waals surface area contributed by atoms with Gasteiger partial charge in [0.15, 0.2) is 8.07 Å².